The number of halogens is 1. The molecule has 2 N–H and O–H groups in total. The van der Waals surface area contributed by atoms with Crippen molar-refractivity contribution in [1.82, 2.24) is 25.4 Å². The van der Waals surface area contributed by atoms with E-state index in [4.69, 9.17) is 4.99 Å². The third kappa shape index (κ3) is 9.33. The van der Waals surface area contributed by atoms with Crippen LogP contribution in [0.1, 0.15) is 40.9 Å². The Morgan fingerprint density at radius 1 is 1.03 bits per heavy atom. The molecule has 0 atom stereocenters. The number of aliphatic imine (C=N–C) groups is 1. The maximum absolute atomic E-state index is 4.74. The number of nitrogens with one attached hydrogen (secondary N) is 2. The third-order valence-electron chi connectivity index (χ3n) is 5.63. The maximum Gasteiger partial charge on any atom is 0.191 e. The second kappa shape index (κ2) is 14.8. The van der Waals surface area contributed by atoms with Gasteiger partial charge in [-0.05, 0) is 45.7 Å². The van der Waals surface area contributed by atoms with Gasteiger partial charge in [0.15, 0.2) is 5.96 Å². The molecule has 0 saturated carbocycles. The Hall–Kier alpha value is -1.23. The second-order valence-electron chi connectivity index (χ2n) is 8.17. The zero-order valence-electron chi connectivity index (χ0n) is 19.8. The summed E-state index contributed by atoms with van der Waals surface area (Å²) >= 11 is 1.74. The number of unbranched alkanes of at least 4 members (excludes halogenated alkanes) is 1. The van der Waals surface area contributed by atoms with Crippen molar-refractivity contribution in [3.63, 3.8) is 0 Å². The van der Waals surface area contributed by atoms with E-state index in [2.05, 4.69) is 76.5 Å². The van der Waals surface area contributed by atoms with Crippen LogP contribution < -0.4 is 10.6 Å². The molecule has 1 fully saturated rings. The zero-order chi connectivity index (χ0) is 21.9. The molecule has 0 aliphatic carbocycles. The van der Waals surface area contributed by atoms with E-state index in [0.29, 0.717) is 6.54 Å². The van der Waals surface area contributed by atoms with E-state index in [1.165, 1.54) is 49.6 Å². The van der Waals surface area contributed by atoms with Crippen molar-refractivity contribution in [2.24, 2.45) is 4.99 Å². The number of aromatic nitrogens is 1. The van der Waals surface area contributed by atoms with E-state index in [-0.39, 0.29) is 24.0 Å². The normalized spacial score (nSPS) is 15.4. The Labute approximate surface area is 214 Å². The maximum atomic E-state index is 4.74. The van der Waals surface area contributed by atoms with Crippen LogP contribution in [-0.4, -0.2) is 66.6 Å². The first kappa shape index (κ1) is 27.0. The Bertz CT molecular complexity index is 802. The number of benzene rings is 1. The number of guanidine groups is 1. The Morgan fingerprint density at radius 3 is 2.41 bits per heavy atom. The minimum Gasteiger partial charge on any atom is -0.357 e. The van der Waals surface area contributed by atoms with Crippen LogP contribution in [0.2, 0.25) is 0 Å². The molecule has 32 heavy (non-hydrogen) atoms. The summed E-state index contributed by atoms with van der Waals surface area (Å²) in [6, 6.07) is 10.8. The lowest BCUT2D eigenvalue weighted by atomic mass is 10.2. The van der Waals surface area contributed by atoms with Gasteiger partial charge in [-0.25, -0.2) is 9.98 Å². The van der Waals surface area contributed by atoms with Crippen molar-refractivity contribution in [1.29, 1.82) is 0 Å². The molecule has 0 radical (unpaired) electrons. The summed E-state index contributed by atoms with van der Waals surface area (Å²) in [4.78, 5) is 15.7. The van der Waals surface area contributed by atoms with Crippen LogP contribution in [0.25, 0.3) is 0 Å². The Kier molecular flexibility index (Phi) is 12.5. The molecule has 1 aliphatic heterocycles. The van der Waals surface area contributed by atoms with Gasteiger partial charge in [0, 0.05) is 50.7 Å². The van der Waals surface area contributed by atoms with Gasteiger partial charge in [0.25, 0.3) is 0 Å². The minimum atomic E-state index is 0. The molecule has 0 amide bonds. The standard InChI is InChI=1S/C24H38N6S.HI/c1-4-25-24(27-18-23-20(2)28-21(3)31-23)26-12-8-9-13-29-14-16-30(17-15-29)19-22-10-6-5-7-11-22;/h5-7,10-11H,4,8-9,12-19H2,1-3H3,(H2,25,26,27);1H. The van der Waals surface area contributed by atoms with Crippen LogP contribution in [-0.2, 0) is 13.1 Å². The summed E-state index contributed by atoms with van der Waals surface area (Å²) in [6.45, 7) is 15.7. The molecule has 8 heteroatoms. The number of thiazole rings is 1. The molecule has 1 saturated heterocycles. The molecule has 2 aromatic rings. The second-order valence-corrected chi connectivity index (χ2v) is 9.46. The van der Waals surface area contributed by atoms with Gasteiger partial charge in [0.2, 0.25) is 0 Å². The molecule has 0 bridgehead atoms. The highest BCUT2D eigenvalue weighted by molar-refractivity contribution is 14.0. The minimum absolute atomic E-state index is 0. The molecule has 0 spiro atoms. The van der Waals surface area contributed by atoms with E-state index in [0.717, 1.165) is 42.7 Å². The van der Waals surface area contributed by atoms with Crippen molar-refractivity contribution in [2.45, 2.75) is 46.7 Å². The van der Waals surface area contributed by atoms with Gasteiger partial charge in [0.05, 0.1) is 17.2 Å². The highest BCUT2D eigenvalue weighted by Crippen LogP contribution is 2.17. The fourth-order valence-electron chi connectivity index (χ4n) is 3.89. The van der Waals surface area contributed by atoms with Gasteiger partial charge in [-0.3, -0.25) is 4.90 Å². The highest BCUT2D eigenvalue weighted by atomic mass is 127. The number of hydrogen-bond acceptors (Lipinski definition) is 5. The van der Waals surface area contributed by atoms with Crippen LogP contribution in [0.3, 0.4) is 0 Å². The largest absolute Gasteiger partial charge is 0.357 e. The predicted molar refractivity (Wildman–Crippen MR) is 147 cm³/mol. The summed E-state index contributed by atoms with van der Waals surface area (Å²) in [6.07, 6.45) is 2.38. The van der Waals surface area contributed by atoms with Crippen molar-refractivity contribution in [3.05, 3.63) is 51.5 Å². The summed E-state index contributed by atoms with van der Waals surface area (Å²) < 4.78 is 0. The van der Waals surface area contributed by atoms with Gasteiger partial charge >= 0.3 is 0 Å². The number of nitrogens with zero attached hydrogens (tertiary/aromatic N) is 4. The fourth-order valence-corrected chi connectivity index (χ4v) is 4.75. The topological polar surface area (TPSA) is 55.8 Å². The van der Waals surface area contributed by atoms with Crippen LogP contribution in [0, 0.1) is 13.8 Å². The molecule has 3 rings (SSSR count). The molecule has 0 unspecified atom stereocenters. The zero-order valence-corrected chi connectivity index (χ0v) is 22.9. The SMILES string of the molecule is CCNC(=NCc1sc(C)nc1C)NCCCCN1CCN(Cc2ccccc2)CC1.I. The molecule has 1 aliphatic rings. The molecular weight excluding hydrogens is 531 g/mol. The number of aryl methyl sites for hydroxylation is 2. The van der Waals surface area contributed by atoms with Crippen molar-refractivity contribution < 1.29 is 0 Å². The van der Waals surface area contributed by atoms with Crippen molar-refractivity contribution >= 4 is 41.3 Å². The van der Waals surface area contributed by atoms with E-state index >= 15 is 0 Å². The first-order chi connectivity index (χ1) is 15.1. The predicted octanol–water partition coefficient (Wildman–Crippen LogP) is 4.03. The third-order valence-corrected chi connectivity index (χ3v) is 6.69. The fraction of sp³-hybridized carbons (Fsp3) is 0.583. The van der Waals surface area contributed by atoms with Gasteiger partial charge < -0.3 is 15.5 Å². The summed E-state index contributed by atoms with van der Waals surface area (Å²) in [5, 5.41) is 7.95. The van der Waals surface area contributed by atoms with Gasteiger partial charge in [-0.1, -0.05) is 30.3 Å². The van der Waals surface area contributed by atoms with Gasteiger partial charge in [-0.2, -0.15) is 0 Å². The van der Waals surface area contributed by atoms with E-state index in [9.17, 15) is 0 Å². The smallest absolute Gasteiger partial charge is 0.191 e. The quantitative estimate of drug-likeness (QED) is 0.196. The lowest BCUT2D eigenvalue weighted by Crippen LogP contribution is -2.46. The number of hydrogen-bond donors (Lipinski definition) is 2. The van der Waals surface area contributed by atoms with Crippen LogP contribution in [0.5, 0.6) is 0 Å². The van der Waals surface area contributed by atoms with Crippen molar-refractivity contribution in [3.8, 4) is 0 Å². The highest BCUT2D eigenvalue weighted by Gasteiger charge is 2.16. The summed E-state index contributed by atoms with van der Waals surface area (Å²) in [5.41, 5.74) is 2.52. The molecular formula is C24H39IN6S. The van der Waals surface area contributed by atoms with Crippen LogP contribution in [0.4, 0.5) is 0 Å². The average Bonchev–Trinajstić information content (AvgIpc) is 3.10. The Morgan fingerprint density at radius 2 is 1.75 bits per heavy atom. The van der Waals surface area contributed by atoms with Crippen LogP contribution >= 0.6 is 35.3 Å². The molecule has 1 aromatic carbocycles. The lowest BCUT2D eigenvalue weighted by Gasteiger charge is -2.34. The van der Waals surface area contributed by atoms with Gasteiger partial charge in [-0.15, -0.1) is 35.3 Å². The van der Waals surface area contributed by atoms with Crippen LogP contribution in [0.15, 0.2) is 35.3 Å². The lowest BCUT2D eigenvalue weighted by molar-refractivity contribution is 0.126. The summed E-state index contributed by atoms with van der Waals surface area (Å²) in [5.74, 6) is 0.905. The van der Waals surface area contributed by atoms with Gasteiger partial charge in [0.1, 0.15) is 0 Å². The monoisotopic (exact) mass is 570 g/mol. The number of piperazine rings is 1. The number of rotatable bonds is 10. The average molecular weight is 571 g/mol. The Balaban J connectivity index is 0.00000363. The summed E-state index contributed by atoms with van der Waals surface area (Å²) in [7, 11) is 0. The first-order valence-electron chi connectivity index (χ1n) is 11.6. The van der Waals surface area contributed by atoms with Crippen molar-refractivity contribution in [2.75, 3.05) is 45.8 Å². The molecule has 178 valence electrons. The molecule has 2 heterocycles. The van der Waals surface area contributed by atoms with E-state index in [1.807, 2.05) is 0 Å². The first-order valence-corrected chi connectivity index (χ1v) is 12.4. The molecule has 6 nitrogen and oxygen atoms in total. The van der Waals surface area contributed by atoms with E-state index < -0.39 is 0 Å². The van der Waals surface area contributed by atoms with E-state index in [1.54, 1.807) is 11.3 Å². The molecule has 1 aromatic heterocycles.